The second-order valence-corrected chi connectivity index (χ2v) is 6.89. The van der Waals surface area contributed by atoms with Crippen molar-refractivity contribution in [3.63, 3.8) is 0 Å². The number of carbonyl (C=O) groups excluding carboxylic acids is 2. The number of nitrogens with two attached hydrogens (primary N) is 1. The number of hydrogen-bond acceptors (Lipinski definition) is 4. The standard InChI is InChI=1S/C22H17F2N5O2/c23-14-5-4-13(16(24)11-14)10-18(20(25)30)28-22(31)15-2-1-3-17-19(15)29-21(27-17)12-6-8-26-9-7-12/h1-9,11,18H,10H2,(H2,25,30)(H,27,29)(H,28,31)/t18-/m0/s1. The van der Waals surface area contributed by atoms with Crippen LogP contribution in [0.4, 0.5) is 8.78 Å². The molecule has 0 saturated carbocycles. The van der Waals surface area contributed by atoms with Crippen molar-refractivity contribution >= 4 is 22.8 Å². The fourth-order valence-corrected chi connectivity index (χ4v) is 3.23. The Labute approximate surface area is 175 Å². The highest BCUT2D eigenvalue weighted by atomic mass is 19.1. The summed E-state index contributed by atoms with van der Waals surface area (Å²) in [5, 5.41) is 2.53. The number of benzene rings is 2. The number of rotatable bonds is 6. The van der Waals surface area contributed by atoms with Gasteiger partial charge < -0.3 is 16.0 Å². The monoisotopic (exact) mass is 421 g/mol. The van der Waals surface area contributed by atoms with Crippen LogP contribution in [-0.4, -0.2) is 32.8 Å². The van der Waals surface area contributed by atoms with Crippen LogP contribution in [0.2, 0.25) is 0 Å². The van der Waals surface area contributed by atoms with Gasteiger partial charge in [-0.1, -0.05) is 12.1 Å². The van der Waals surface area contributed by atoms with E-state index in [0.29, 0.717) is 22.9 Å². The lowest BCUT2D eigenvalue weighted by atomic mass is 10.0. The van der Waals surface area contributed by atoms with Crippen molar-refractivity contribution in [1.29, 1.82) is 0 Å². The molecule has 1 atom stereocenters. The van der Waals surface area contributed by atoms with E-state index >= 15 is 0 Å². The minimum Gasteiger partial charge on any atom is -0.368 e. The first-order chi connectivity index (χ1) is 14.9. The Morgan fingerprint density at radius 1 is 1.10 bits per heavy atom. The van der Waals surface area contributed by atoms with Crippen LogP contribution in [0.25, 0.3) is 22.4 Å². The molecule has 2 heterocycles. The van der Waals surface area contributed by atoms with E-state index in [1.54, 1.807) is 42.7 Å². The molecule has 0 saturated heterocycles. The molecule has 0 aliphatic heterocycles. The second kappa shape index (κ2) is 8.31. The number of fused-ring (bicyclic) bond motifs is 1. The smallest absolute Gasteiger partial charge is 0.254 e. The van der Waals surface area contributed by atoms with Crippen LogP contribution in [0, 0.1) is 11.6 Å². The van der Waals surface area contributed by atoms with Gasteiger partial charge in [0, 0.05) is 30.4 Å². The van der Waals surface area contributed by atoms with Gasteiger partial charge in [-0.2, -0.15) is 0 Å². The molecule has 0 aliphatic carbocycles. The highest BCUT2D eigenvalue weighted by molar-refractivity contribution is 6.06. The normalized spacial score (nSPS) is 11.9. The lowest BCUT2D eigenvalue weighted by Crippen LogP contribution is -2.46. The fraction of sp³-hybridized carbons (Fsp3) is 0.0909. The third kappa shape index (κ3) is 4.25. The Morgan fingerprint density at radius 3 is 2.58 bits per heavy atom. The highest BCUT2D eigenvalue weighted by Crippen LogP contribution is 2.22. The van der Waals surface area contributed by atoms with Crippen LogP contribution in [-0.2, 0) is 11.2 Å². The molecule has 0 bridgehead atoms. The van der Waals surface area contributed by atoms with Crippen LogP contribution >= 0.6 is 0 Å². The number of amides is 2. The molecule has 0 radical (unpaired) electrons. The molecule has 31 heavy (non-hydrogen) atoms. The summed E-state index contributed by atoms with van der Waals surface area (Å²) in [5.41, 5.74) is 7.51. The Kier molecular flexibility index (Phi) is 5.40. The topological polar surface area (TPSA) is 114 Å². The van der Waals surface area contributed by atoms with Gasteiger partial charge in [0.15, 0.2) is 0 Å². The summed E-state index contributed by atoms with van der Waals surface area (Å²) < 4.78 is 27.1. The maximum Gasteiger partial charge on any atom is 0.254 e. The number of pyridine rings is 1. The maximum atomic E-state index is 14.0. The van der Waals surface area contributed by atoms with Gasteiger partial charge in [-0.05, 0) is 35.9 Å². The van der Waals surface area contributed by atoms with Crippen molar-refractivity contribution in [2.45, 2.75) is 12.5 Å². The van der Waals surface area contributed by atoms with Gasteiger partial charge in [-0.15, -0.1) is 0 Å². The van der Waals surface area contributed by atoms with Crippen LogP contribution in [0.1, 0.15) is 15.9 Å². The van der Waals surface area contributed by atoms with E-state index in [2.05, 4.69) is 20.3 Å². The Morgan fingerprint density at radius 2 is 1.87 bits per heavy atom. The Balaban J connectivity index is 1.62. The first-order valence-electron chi connectivity index (χ1n) is 9.35. The molecule has 4 rings (SSSR count). The zero-order chi connectivity index (χ0) is 22.0. The maximum absolute atomic E-state index is 14.0. The average molecular weight is 421 g/mol. The number of nitrogens with one attached hydrogen (secondary N) is 2. The summed E-state index contributed by atoms with van der Waals surface area (Å²) in [6.45, 7) is 0. The van der Waals surface area contributed by atoms with E-state index in [9.17, 15) is 18.4 Å². The second-order valence-electron chi connectivity index (χ2n) is 6.89. The fourth-order valence-electron chi connectivity index (χ4n) is 3.23. The number of halogens is 2. The summed E-state index contributed by atoms with van der Waals surface area (Å²) in [7, 11) is 0. The first-order valence-corrected chi connectivity index (χ1v) is 9.35. The Bertz CT molecular complexity index is 1270. The first kappa shape index (κ1) is 20.1. The van der Waals surface area contributed by atoms with E-state index in [1.165, 1.54) is 6.07 Å². The van der Waals surface area contributed by atoms with Gasteiger partial charge in [0.1, 0.15) is 29.0 Å². The van der Waals surface area contributed by atoms with Crippen molar-refractivity contribution in [3.05, 3.63) is 83.7 Å². The lowest BCUT2D eigenvalue weighted by Gasteiger charge is -2.16. The average Bonchev–Trinajstić information content (AvgIpc) is 3.20. The molecule has 2 aromatic heterocycles. The van der Waals surface area contributed by atoms with Gasteiger partial charge >= 0.3 is 0 Å². The van der Waals surface area contributed by atoms with Gasteiger partial charge in [-0.3, -0.25) is 14.6 Å². The molecule has 0 fully saturated rings. The van der Waals surface area contributed by atoms with Crippen molar-refractivity contribution in [2.75, 3.05) is 0 Å². The van der Waals surface area contributed by atoms with Crippen LogP contribution in [0.5, 0.6) is 0 Å². The number of primary amides is 1. The van der Waals surface area contributed by atoms with Crippen LogP contribution in [0.15, 0.2) is 60.9 Å². The summed E-state index contributed by atoms with van der Waals surface area (Å²) in [4.78, 5) is 36.4. The summed E-state index contributed by atoms with van der Waals surface area (Å²) in [6.07, 6.45) is 3.04. The molecule has 7 nitrogen and oxygen atoms in total. The molecule has 2 amide bonds. The third-order valence-electron chi connectivity index (χ3n) is 4.80. The lowest BCUT2D eigenvalue weighted by molar-refractivity contribution is -0.119. The molecule has 0 spiro atoms. The third-order valence-corrected chi connectivity index (χ3v) is 4.80. The van der Waals surface area contributed by atoms with E-state index in [-0.39, 0.29) is 17.5 Å². The van der Waals surface area contributed by atoms with Crippen molar-refractivity contribution in [2.24, 2.45) is 5.73 Å². The predicted octanol–water partition coefficient (Wildman–Crippen LogP) is 2.73. The van der Waals surface area contributed by atoms with E-state index < -0.39 is 29.5 Å². The van der Waals surface area contributed by atoms with Crippen molar-refractivity contribution in [3.8, 4) is 11.4 Å². The molecule has 2 aromatic carbocycles. The summed E-state index contributed by atoms with van der Waals surface area (Å²) in [5.74, 6) is -2.45. The number of nitrogens with zero attached hydrogens (tertiary/aromatic N) is 2. The van der Waals surface area contributed by atoms with Gasteiger partial charge in [0.25, 0.3) is 5.91 Å². The van der Waals surface area contributed by atoms with Crippen LogP contribution in [0.3, 0.4) is 0 Å². The quantitative estimate of drug-likeness (QED) is 0.444. The zero-order valence-corrected chi connectivity index (χ0v) is 16.1. The predicted molar refractivity (Wildman–Crippen MR) is 110 cm³/mol. The van der Waals surface area contributed by atoms with Crippen molar-refractivity contribution < 1.29 is 18.4 Å². The minimum atomic E-state index is -1.19. The van der Waals surface area contributed by atoms with Crippen molar-refractivity contribution in [1.82, 2.24) is 20.3 Å². The SMILES string of the molecule is NC(=O)[C@H](Cc1ccc(F)cc1F)NC(=O)c1cccc2[nH]c(-c3ccncc3)nc12. The van der Waals surface area contributed by atoms with E-state index in [0.717, 1.165) is 11.6 Å². The van der Waals surface area contributed by atoms with Gasteiger partial charge in [-0.25, -0.2) is 13.8 Å². The largest absolute Gasteiger partial charge is 0.368 e. The summed E-state index contributed by atoms with van der Waals surface area (Å²) in [6, 6.07) is 10.3. The molecule has 0 unspecified atom stereocenters. The molecule has 9 heteroatoms. The number of H-pyrrole nitrogens is 1. The number of imidazole rings is 1. The number of carbonyl (C=O) groups is 2. The molecule has 4 N–H and O–H groups in total. The molecular weight excluding hydrogens is 404 g/mol. The number of para-hydroxylation sites is 1. The van der Waals surface area contributed by atoms with Gasteiger partial charge in [0.2, 0.25) is 5.91 Å². The number of aromatic nitrogens is 3. The Hall–Kier alpha value is -4.14. The summed E-state index contributed by atoms with van der Waals surface area (Å²) >= 11 is 0. The van der Waals surface area contributed by atoms with E-state index in [4.69, 9.17) is 5.73 Å². The van der Waals surface area contributed by atoms with Crippen LogP contribution < -0.4 is 11.1 Å². The molecular formula is C22H17F2N5O2. The van der Waals surface area contributed by atoms with E-state index in [1.807, 2.05) is 0 Å². The van der Waals surface area contributed by atoms with Gasteiger partial charge in [0.05, 0.1) is 11.1 Å². The number of aromatic amines is 1. The molecule has 4 aromatic rings. The molecule has 0 aliphatic rings. The number of hydrogen-bond donors (Lipinski definition) is 3. The highest BCUT2D eigenvalue weighted by Gasteiger charge is 2.23. The minimum absolute atomic E-state index is 0.0588. The zero-order valence-electron chi connectivity index (χ0n) is 16.1. The molecule has 156 valence electrons.